The average Bonchev–Trinajstić information content (AvgIpc) is 3.03. The van der Waals surface area contributed by atoms with Crippen LogP contribution in [0.1, 0.15) is 18.4 Å². The van der Waals surface area contributed by atoms with Crippen LogP contribution in [-0.2, 0) is 6.54 Å². The van der Waals surface area contributed by atoms with Gasteiger partial charge in [-0.15, -0.1) is 0 Å². The molecule has 1 spiro atoms. The summed E-state index contributed by atoms with van der Waals surface area (Å²) in [6, 6.07) is 5.42. The summed E-state index contributed by atoms with van der Waals surface area (Å²) in [6.07, 6.45) is 2.49. The molecule has 1 unspecified atom stereocenters. The second kappa shape index (κ2) is 5.42. The highest BCUT2D eigenvalue weighted by Crippen LogP contribution is 2.37. The minimum Gasteiger partial charge on any atom is -0.316 e. The number of nitro benzene ring substituents is 1. The second-order valence-corrected chi connectivity index (χ2v) is 6.78. The lowest BCUT2D eigenvalue weighted by Crippen LogP contribution is -2.28. The monoisotopic (exact) mass is 339 g/mol. The first-order valence-corrected chi connectivity index (χ1v) is 7.73. The normalized spacial score (nSPS) is 26.4. The smallest absolute Gasteiger partial charge is 0.283 e. The van der Waals surface area contributed by atoms with Crippen molar-refractivity contribution in [2.45, 2.75) is 19.4 Å². The lowest BCUT2D eigenvalue weighted by atomic mass is 9.86. The highest BCUT2D eigenvalue weighted by Gasteiger charge is 2.40. The molecule has 20 heavy (non-hydrogen) atoms. The van der Waals surface area contributed by atoms with Gasteiger partial charge in [-0.05, 0) is 58.9 Å². The number of nitrogens with one attached hydrogen (secondary N) is 1. The van der Waals surface area contributed by atoms with E-state index in [1.165, 1.54) is 12.8 Å². The summed E-state index contributed by atoms with van der Waals surface area (Å²) in [5, 5.41) is 14.4. The topological polar surface area (TPSA) is 58.4 Å². The zero-order valence-electron chi connectivity index (χ0n) is 11.3. The number of hydrogen-bond acceptors (Lipinski definition) is 4. The second-order valence-electron chi connectivity index (χ2n) is 5.93. The van der Waals surface area contributed by atoms with E-state index in [1.807, 2.05) is 6.07 Å². The molecule has 1 aromatic carbocycles. The standard InChI is InChI=1S/C14H18BrN3O2/c15-12-2-1-11(7-13(12)18(19)20)8-17-6-4-14(10-17)3-5-16-9-14/h1-2,7,16H,3-6,8-10H2. The first-order chi connectivity index (χ1) is 9.58. The van der Waals surface area contributed by atoms with Gasteiger partial charge in [0.25, 0.3) is 5.69 Å². The van der Waals surface area contributed by atoms with Crippen LogP contribution in [0.4, 0.5) is 5.69 Å². The third-order valence-corrected chi connectivity index (χ3v) is 5.13. The van der Waals surface area contributed by atoms with Crippen molar-refractivity contribution >= 4 is 21.6 Å². The predicted octanol–water partition coefficient (Wildman–Crippen LogP) is 2.54. The predicted molar refractivity (Wildman–Crippen MR) is 80.6 cm³/mol. The molecule has 0 aromatic heterocycles. The van der Waals surface area contributed by atoms with Gasteiger partial charge in [-0.2, -0.15) is 0 Å². The van der Waals surface area contributed by atoms with Crippen molar-refractivity contribution in [2.75, 3.05) is 26.2 Å². The molecule has 2 heterocycles. The zero-order valence-corrected chi connectivity index (χ0v) is 12.9. The Morgan fingerprint density at radius 2 is 2.30 bits per heavy atom. The summed E-state index contributed by atoms with van der Waals surface area (Å²) >= 11 is 3.23. The fourth-order valence-electron chi connectivity index (χ4n) is 3.36. The van der Waals surface area contributed by atoms with Gasteiger partial charge in [0, 0.05) is 25.7 Å². The van der Waals surface area contributed by atoms with Gasteiger partial charge in [0.1, 0.15) is 0 Å². The number of benzene rings is 1. The summed E-state index contributed by atoms with van der Waals surface area (Å²) in [6.45, 7) is 5.23. The van der Waals surface area contributed by atoms with Crippen LogP contribution < -0.4 is 5.32 Å². The van der Waals surface area contributed by atoms with Gasteiger partial charge in [-0.1, -0.05) is 6.07 Å². The third-order valence-electron chi connectivity index (χ3n) is 4.46. The molecule has 0 aliphatic carbocycles. The van der Waals surface area contributed by atoms with Crippen LogP contribution in [-0.4, -0.2) is 36.0 Å². The molecule has 5 nitrogen and oxygen atoms in total. The maximum atomic E-state index is 11.0. The lowest BCUT2D eigenvalue weighted by molar-refractivity contribution is -0.385. The Morgan fingerprint density at radius 1 is 1.45 bits per heavy atom. The summed E-state index contributed by atoms with van der Waals surface area (Å²) < 4.78 is 0.545. The van der Waals surface area contributed by atoms with Gasteiger partial charge in [-0.25, -0.2) is 0 Å². The van der Waals surface area contributed by atoms with E-state index in [4.69, 9.17) is 0 Å². The van der Waals surface area contributed by atoms with E-state index in [1.54, 1.807) is 12.1 Å². The van der Waals surface area contributed by atoms with Crippen LogP contribution in [0.15, 0.2) is 22.7 Å². The summed E-state index contributed by atoms with van der Waals surface area (Å²) in [4.78, 5) is 13.1. The van der Waals surface area contributed by atoms with Crippen LogP contribution in [0.25, 0.3) is 0 Å². The molecule has 2 saturated heterocycles. The molecule has 0 bridgehead atoms. The van der Waals surface area contributed by atoms with Crippen molar-refractivity contribution in [1.29, 1.82) is 0 Å². The van der Waals surface area contributed by atoms with Crippen molar-refractivity contribution < 1.29 is 4.92 Å². The number of nitro groups is 1. The molecule has 0 saturated carbocycles. The molecular weight excluding hydrogens is 322 g/mol. The molecule has 1 atom stereocenters. The quantitative estimate of drug-likeness (QED) is 0.679. The third kappa shape index (κ3) is 2.73. The van der Waals surface area contributed by atoms with Gasteiger partial charge in [0.15, 0.2) is 0 Å². The van der Waals surface area contributed by atoms with E-state index < -0.39 is 0 Å². The molecule has 2 fully saturated rings. The van der Waals surface area contributed by atoms with Crippen molar-refractivity contribution in [3.05, 3.63) is 38.3 Å². The van der Waals surface area contributed by atoms with Crippen LogP contribution in [0, 0.1) is 15.5 Å². The molecular formula is C14H18BrN3O2. The number of likely N-dealkylation sites (tertiary alicyclic amines) is 1. The summed E-state index contributed by atoms with van der Waals surface area (Å²) in [5.74, 6) is 0. The van der Waals surface area contributed by atoms with Crippen molar-refractivity contribution in [1.82, 2.24) is 10.2 Å². The highest BCUT2D eigenvalue weighted by molar-refractivity contribution is 9.10. The molecule has 108 valence electrons. The largest absolute Gasteiger partial charge is 0.316 e. The number of rotatable bonds is 3. The van der Waals surface area contributed by atoms with Gasteiger partial charge < -0.3 is 5.32 Å². The Hall–Kier alpha value is -0.980. The lowest BCUT2D eigenvalue weighted by Gasteiger charge is -2.22. The summed E-state index contributed by atoms with van der Waals surface area (Å²) in [7, 11) is 0. The fourth-order valence-corrected chi connectivity index (χ4v) is 3.75. The Morgan fingerprint density at radius 3 is 3.00 bits per heavy atom. The molecule has 1 N–H and O–H groups in total. The Bertz CT molecular complexity index is 529. The minimum absolute atomic E-state index is 0.152. The molecule has 1 aromatic rings. The van der Waals surface area contributed by atoms with Crippen LogP contribution in [0.5, 0.6) is 0 Å². The van der Waals surface area contributed by atoms with E-state index in [-0.39, 0.29) is 10.6 Å². The molecule has 6 heteroatoms. The molecule has 3 rings (SSSR count). The number of halogens is 1. The van der Waals surface area contributed by atoms with Gasteiger partial charge >= 0.3 is 0 Å². The summed E-state index contributed by atoms with van der Waals surface area (Å²) in [5.41, 5.74) is 1.61. The van der Waals surface area contributed by atoms with E-state index >= 15 is 0 Å². The van der Waals surface area contributed by atoms with Crippen molar-refractivity contribution in [3.8, 4) is 0 Å². The maximum absolute atomic E-state index is 11.0. The van der Waals surface area contributed by atoms with Crippen LogP contribution in [0.2, 0.25) is 0 Å². The van der Waals surface area contributed by atoms with E-state index in [0.29, 0.717) is 9.89 Å². The Balaban J connectivity index is 1.69. The molecule has 2 aliphatic heterocycles. The van der Waals surface area contributed by atoms with Gasteiger partial charge in [-0.3, -0.25) is 15.0 Å². The van der Waals surface area contributed by atoms with E-state index in [0.717, 1.165) is 38.3 Å². The average molecular weight is 340 g/mol. The van der Waals surface area contributed by atoms with Crippen molar-refractivity contribution in [3.63, 3.8) is 0 Å². The Labute approximate surface area is 126 Å². The fraction of sp³-hybridized carbons (Fsp3) is 0.571. The van der Waals surface area contributed by atoms with Crippen LogP contribution >= 0.6 is 15.9 Å². The van der Waals surface area contributed by atoms with Gasteiger partial charge in [0.05, 0.1) is 9.40 Å². The van der Waals surface area contributed by atoms with Gasteiger partial charge in [0.2, 0.25) is 0 Å². The first-order valence-electron chi connectivity index (χ1n) is 6.94. The molecule has 0 amide bonds. The van der Waals surface area contributed by atoms with E-state index in [2.05, 4.69) is 26.1 Å². The van der Waals surface area contributed by atoms with Crippen LogP contribution in [0.3, 0.4) is 0 Å². The highest BCUT2D eigenvalue weighted by atomic mass is 79.9. The molecule has 2 aliphatic rings. The van der Waals surface area contributed by atoms with E-state index in [9.17, 15) is 10.1 Å². The zero-order chi connectivity index (χ0) is 14.2. The first kappa shape index (κ1) is 14.0. The molecule has 0 radical (unpaired) electrons. The Kier molecular flexibility index (Phi) is 3.79. The number of nitrogens with zero attached hydrogens (tertiary/aromatic N) is 2. The van der Waals surface area contributed by atoms with Crippen molar-refractivity contribution in [2.24, 2.45) is 5.41 Å². The maximum Gasteiger partial charge on any atom is 0.283 e. The number of hydrogen-bond donors (Lipinski definition) is 1. The minimum atomic E-state index is -0.333. The SMILES string of the molecule is O=[N+]([O-])c1cc(CN2CCC3(CCNC3)C2)ccc1Br.